The van der Waals surface area contributed by atoms with Crippen molar-refractivity contribution >= 4 is 52.0 Å². The van der Waals surface area contributed by atoms with Crippen molar-refractivity contribution in [3.63, 3.8) is 0 Å². The monoisotopic (exact) mass is 436 g/mol. The van der Waals surface area contributed by atoms with E-state index in [1.165, 1.54) is 0 Å². The molecular formula is C24H18Cl2N2O2. The first-order valence-electron chi connectivity index (χ1n) is 9.34. The van der Waals surface area contributed by atoms with Crippen molar-refractivity contribution in [3.05, 3.63) is 99.2 Å². The molecule has 0 aliphatic carbocycles. The summed E-state index contributed by atoms with van der Waals surface area (Å²) in [7, 11) is 0. The number of benzene rings is 3. The molecule has 0 bridgehead atoms. The Morgan fingerprint density at radius 3 is 2.23 bits per heavy atom. The molecule has 3 aromatic carbocycles. The molecule has 0 spiro atoms. The van der Waals surface area contributed by atoms with Crippen molar-refractivity contribution in [1.29, 1.82) is 0 Å². The second-order valence-electron chi connectivity index (χ2n) is 7.10. The molecule has 0 unspecified atom stereocenters. The SMILES string of the molecule is Cc1ccc(C2=C(Nc3cc(Cl)ccc3C)C(=O)N(c3ccccc3Cl)C2=O)cc1. The van der Waals surface area contributed by atoms with E-state index >= 15 is 0 Å². The van der Waals surface area contributed by atoms with Gasteiger partial charge in [-0.3, -0.25) is 9.59 Å². The molecule has 0 atom stereocenters. The third-order valence-electron chi connectivity index (χ3n) is 4.98. The zero-order valence-corrected chi connectivity index (χ0v) is 17.9. The zero-order chi connectivity index (χ0) is 21.4. The Kier molecular flexibility index (Phi) is 5.37. The van der Waals surface area contributed by atoms with Gasteiger partial charge in [0.2, 0.25) is 0 Å². The number of rotatable bonds is 4. The van der Waals surface area contributed by atoms with E-state index in [-0.39, 0.29) is 5.70 Å². The summed E-state index contributed by atoms with van der Waals surface area (Å²) in [6.07, 6.45) is 0. The molecule has 0 saturated carbocycles. The fourth-order valence-corrected chi connectivity index (χ4v) is 3.74. The van der Waals surface area contributed by atoms with Crippen LogP contribution in [0.3, 0.4) is 0 Å². The lowest BCUT2D eigenvalue weighted by Crippen LogP contribution is -2.32. The van der Waals surface area contributed by atoms with Crippen LogP contribution in [0.15, 0.2) is 72.4 Å². The highest BCUT2D eigenvalue weighted by atomic mass is 35.5. The van der Waals surface area contributed by atoms with Gasteiger partial charge in [0.15, 0.2) is 0 Å². The molecule has 0 saturated heterocycles. The number of nitrogens with one attached hydrogen (secondary N) is 1. The van der Waals surface area contributed by atoms with Gasteiger partial charge in [-0.15, -0.1) is 0 Å². The first-order chi connectivity index (χ1) is 14.4. The van der Waals surface area contributed by atoms with E-state index in [1.807, 2.05) is 44.2 Å². The van der Waals surface area contributed by atoms with E-state index in [1.54, 1.807) is 36.4 Å². The van der Waals surface area contributed by atoms with Crippen LogP contribution in [-0.2, 0) is 9.59 Å². The van der Waals surface area contributed by atoms with Crippen LogP contribution in [0.1, 0.15) is 16.7 Å². The Labute approximate surface area is 184 Å². The van der Waals surface area contributed by atoms with E-state index < -0.39 is 11.8 Å². The van der Waals surface area contributed by atoms with Crippen LogP contribution < -0.4 is 10.2 Å². The molecule has 2 amide bonds. The number of carbonyl (C=O) groups excluding carboxylic acids is 2. The minimum Gasteiger partial charge on any atom is -0.350 e. The van der Waals surface area contributed by atoms with Gasteiger partial charge in [-0.25, -0.2) is 4.90 Å². The molecule has 0 aromatic heterocycles. The first kappa shape index (κ1) is 20.2. The molecule has 30 heavy (non-hydrogen) atoms. The molecule has 6 heteroatoms. The minimum atomic E-state index is -0.469. The summed E-state index contributed by atoms with van der Waals surface area (Å²) >= 11 is 12.4. The lowest BCUT2D eigenvalue weighted by atomic mass is 10.0. The average Bonchev–Trinajstić information content (AvgIpc) is 2.96. The maximum absolute atomic E-state index is 13.4. The van der Waals surface area contributed by atoms with Crippen LogP contribution in [0.5, 0.6) is 0 Å². The molecule has 1 aliphatic heterocycles. The number of carbonyl (C=O) groups is 2. The summed E-state index contributed by atoms with van der Waals surface area (Å²) in [6.45, 7) is 3.86. The number of aryl methyl sites for hydroxylation is 2. The summed E-state index contributed by atoms with van der Waals surface area (Å²) in [6, 6.07) is 19.6. The third kappa shape index (κ3) is 3.60. The van der Waals surface area contributed by atoms with Crippen LogP contribution in [-0.4, -0.2) is 11.8 Å². The zero-order valence-electron chi connectivity index (χ0n) is 16.4. The van der Waals surface area contributed by atoms with Crippen LogP contribution in [0, 0.1) is 13.8 Å². The predicted octanol–water partition coefficient (Wildman–Crippen LogP) is 6.01. The van der Waals surface area contributed by atoms with Crippen LogP contribution in [0.2, 0.25) is 10.0 Å². The number of amides is 2. The third-order valence-corrected chi connectivity index (χ3v) is 5.53. The molecule has 1 aliphatic rings. The molecule has 4 rings (SSSR count). The Morgan fingerprint density at radius 1 is 0.833 bits per heavy atom. The molecular weight excluding hydrogens is 419 g/mol. The summed E-state index contributed by atoms with van der Waals surface area (Å²) < 4.78 is 0. The normalized spacial score (nSPS) is 13.9. The summed E-state index contributed by atoms with van der Waals surface area (Å²) in [4.78, 5) is 28.0. The van der Waals surface area contributed by atoms with Gasteiger partial charge in [-0.2, -0.15) is 0 Å². The summed E-state index contributed by atoms with van der Waals surface area (Å²) in [5.41, 5.74) is 4.08. The number of para-hydroxylation sites is 1. The first-order valence-corrected chi connectivity index (χ1v) is 10.1. The van der Waals surface area contributed by atoms with E-state index in [4.69, 9.17) is 23.2 Å². The predicted molar refractivity (Wildman–Crippen MR) is 122 cm³/mol. The van der Waals surface area contributed by atoms with Crippen molar-refractivity contribution in [3.8, 4) is 0 Å². The van der Waals surface area contributed by atoms with Crippen molar-refractivity contribution in [2.24, 2.45) is 0 Å². The Balaban J connectivity index is 1.87. The second-order valence-corrected chi connectivity index (χ2v) is 7.94. The highest BCUT2D eigenvalue weighted by Gasteiger charge is 2.41. The standard InChI is InChI=1S/C24H18Cl2N2O2/c1-14-7-10-16(11-8-14)21-22(27-19-13-17(25)12-9-15(19)2)24(30)28(23(21)29)20-6-4-3-5-18(20)26/h3-13,27H,1-2H3. The molecule has 4 nitrogen and oxygen atoms in total. The van der Waals surface area contributed by atoms with Gasteiger partial charge in [0.25, 0.3) is 11.8 Å². The number of imide groups is 1. The quantitative estimate of drug-likeness (QED) is 0.509. The van der Waals surface area contributed by atoms with Crippen LogP contribution in [0.4, 0.5) is 11.4 Å². The maximum Gasteiger partial charge on any atom is 0.282 e. The minimum absolute atomic E-state index is 0.189. The van der Waals surface area contributed by atoms with Gasteiger partial charge in [0, 0.05) is 10.7 Å². The van der Waals surface area contributed by atoms with Gasteiger partial charge in [0.05, 0.1) is 16.3 Å². The number of anilines is 2. The molecule has 0 fully saturated rings. The van der Waals surface area contributed by atoms with Gasteiger partial charge in [-0.1, -0.05) is 71.2 Å². The lowest BCUT2D eigenvalue weighted by Gasteiger charge is -2.17. The fourth-order valence-electron chi connectivity index (χ4n) is 3.35. The number of nitrogens with zero attached hydrogens (tertiary/aromatic N) is 1. The summed E-state index contributed by atoms with van der Waals surface area (Å²) in [5.74, 6) is -0.901. The fraction of sp³-hybridized carbons (Fsp3) is 0.0833. The number of hydrogen-bond donors (Lipinski definition) is 1. The van der Waals surface area contributed by atoms with Crippen LogP contribution >= 0.6 is 23.2 Å². The van der Waals surface area contributed by atoms with Gasteiger partial charge in [0.1, 0.15) is 5.70 Å². The average molecular weight is 437 g/mol. The Hall–Kier alpha value is -3.08. The molecule has 3 aromatic rings. The lowest BCUT2D eigenvalue weighted by molar-refractivity contribution is -0.120. The van der Waals surface area contributed by atoms with E-state index in [2.05, 4.69) is 5.32 Å². The van der Waals surface area contributed by atoms with Gasteiger partial charge >= 0.3 is 0 Å². The smallest absolute Gasteiger partial charge is 0.282 e. The molecule has 0 radical (unpaired) electrons. The Bertz CT molecular complexity index is 1200. The van der Waals surface area contributed by atoms with Crippen molar-refractivity contribution in [2.75, 3.05) is 10.2 Å². The second kappa shape index (κ2) is 7.98. The number of hydrogen-bond acceptors (Lipinski definition) is 3. The van der Waals surface area contributed by atoms with Crippen molar-refractivity contribution in [2.45, 2.75) is 13.8 Å². The van der Waals surface area contributed by atoms with Crippen LogP contribution in [0.25, 0.3) is 5.57 Å². The van der Waals surface area contributed by atoms with E-state index in [0.717, 1.165) is 16.0 Å². The van der Waals surface area contributed by atoms with Gasteiger partial charge in [-0.05, 0) is 49.2 Å². The number of halogens is 2. The van der Waals surface area contributed by atoms with Crippen molar-refractivity contribution < 1.29 is 9.59 Å². The maximum atomic E-state index is 13.4. The molecule has 1 N–H and O–H groups in total. The molecule has 150 valence electrons. The van der Waals surface area contributed by atoms with Gasteiger partial charge < -0.3 is 5.32 Å². The summed E-state index contributed by atoms with van der Waals surface area (Å²) in [5, 5.41) is 4.00. The highest BCUT2D eigenvalue weighted by molar-refractivity contribution is 6.48. The topological polar surface area (TPSA) is 49.4 Å². The highest BCUT2D eigenvalue weighted by Crippen LogP contribution is 2.37. The largest absolute Gasteiger partial charge is 0.350 e. The Morgan fingerprint density at radius 2 is 1.53 bits per heavy atom. The van der Waals surface area contributed by atoms with E-state index in [0.29, 0.717) is 32.6 Å². The van der Waals surface area contributed by atoms with E-state index in [9.17, 15) is 9.59 Å². The van der Waals surface area contributed by atoms with Crippen molar-refractivity contribution in [1.82, 2.24) is 0 Å². The molecule has 1 heterocycles.